The van der Waals surface area contributed by atoms with Gasteiger partial charge in [-0.1, -0.05) is 58.5 Å². The number of hydrogen-bond acceptors (Lipinski definition) is 4. The summed E-state index contributed by atoms with van der Waals surface area (Å²) in [6.45, 7) is 3.80. The molecule has 10 heteroatoms. The summed E-state index contributed by atoms with van der Waals surface area (Å²) in [5.74, 6) is -1.47. The number of anilines is 1. The predicted octanol–water partition coefficient (Wildman–Crippen LogP) is 7.16. The van der Waals surface area contributed by atoms with Crippen molar-refractivity contribution in [1.29, 1.82) is 0 Å². The summed E-state index contributed by atoms with van der Waals surface area (Å²) in [4.78, 5) is 39.5. The van der Waals surface area contributed by atoms with Crippen LogP contribution in [0.3, 0.4) is 0 Å². The zero-order valence-corrected chi connectivity index (χ0v) is 22.0. The number of barbiturate groups is 1. The van der Waals surface area contributed by atoms with E-state index in [4.69, 9.17) is 51.1 Å². The molecule has 0 aromatic heterocycles. The molecule has 0 bridgehead atoms. The summed E-state index contributed by atoms with van der Waals surface area (Å²) in [6, 6.07) is 12.2. The van der Waals surface area contributed by atoms with Gasteiger partial charge in [-0.25, -0.2) is 9.69 Å². The molecule has 0 saturated carbocycles. The second kappa shape index (κ2) is 10.5. The van der Waals surface area contributed by atoms with E-state index in [-0.39, 0.29) is 33.5 Å². The molecule has 3 aromatic carbocycles. The van der Waals surface area contributed by atoms with Crippen LogP contribution < -0.4 is 15.0 Å². The van der Waals surface area contributed by atoms with Crippen LogP contribution in [0, 0.1) is 13.8 Å². The Hall–Kier alpha value is -3.03. The molecule has 36 heavy (non-hydrogen) atoms. The Morgan fingerprint density at radius 3 is 2.28 bits per heavy atom. The first-order valence-corrected chi connectivity index (χ1v) is 12.1. The summed E-state index contributed by atoms with van der Waals surface area (Å²) in [5.41, 5.74) is 2.83. The first-order valence-electron chi connectivity index (χ1n) is 10.6. The van der Waals surface area contributed by atoms with Gasteiger partial charge in [0.25, 0.3) is 11.8 Å². The summed E-state index contributed by atoms with van der Waals surface area (Å²) >= 11 is 24.8. The van der Waals surface area contributed by atoms with Gasteiger partial charge in [0, 0.05) is 26.2 Å². The van der Waals surface area contributed by atoms with Gasteiger partial charge in [0.1, 0.15) is 17.9 Å². The number of carbonyl (C=O) groups excluding carboxylic acids is 3. The Kier molecular flexibility index (Phi) is 7.62. The highest BCUT2D eigenvalue weighted by Crippen LogP contribution is 2.36. The van der Waals surface area contributed by atoms with Crippen LogP contribution in [-0.2, 0) is 16.2 Å². The largest absolute Gasteiger partial charge is 0.487 e. The second-order valence-corrected chi connectivity index (χ2v) is 9.74. The van der Waals surface area contributed by atoms with Crippen molar-refractivity contribution < 1.29 is 19.1 Å². The third-order valence-corrected chi connectivity index (χ3v) is 6.66. The van der Waals surface area contributed by atoms with Crippen LogP contribution in [0.4, 0.5) is 10.5 Å². The van der Waals surface area contributed by atoms with E-state index in [1.165, 1.54) is 18.2 Å². The van der Waals surface area contributed by atoms with E-state index < -0.39 is 17.8 Å². The van der Waals surface area contributed by atoms with Crippen LogP contribution in [0.5, 0.6) is 5.75 Å². The van der Waals surface area contributed by atoms with Crippen molar-refractivity contribution in [2.45, 2.75) is 20.5 Å². The zero-order valence-electron chi connectivity index (χ0n) is 19.0. The molecule has 1 N–H and O–H groups in total. The fraction of sp³-hybridized carbons (Fsp3) is 0.115. The number of rotatable bonds is 5. The van der Waals surface area contributed by atoms with Crippen LogP contribution in [-0.4, -0.2) is 17.8 Å². The third-order valence-electron chi connectivity index (χ3n) is 5.57. The van der Waals surface area contributed by atoms with E-state index in [9.17, 15) is 14.4 Å². The molecule has 0 unspecified atom stereocenters. The predicted molar refractivity (Wildman–Crippen MR) is 142 cm³/mol. The Bertz CT molecular complexity index is 1450. The quantitative estimate of drug-likeness (QED) is 0.264. The van der Waals surface area contributed by atoms with Crippen LogP contribution in [0.2, 0.25) is 20.1 Å². The maximum absolute atomic E-state index is 13.3. The number of ether oxygens (including phenoxy) is 1. The number of amides is 4. The van der Waals surface area contributed by atoms with Crippen molar-refractivity contribution in [2.75, 3.05) is 4.90 Å². The van der Waals surface area contributed by atoms with Gasteiger partial charge in [-0.05, 0) is 67.4 Å². The smallest absolute Gasteiger partial charge is 0.335 e. The van der Waals surface area contributed by atoms with Gasteiger partial charge in [-0.15, -0.1) is 0 Å². The van der Waals surface area contributed by atoms with E-state index in [0.717, 1.165) is 16.0 Å². The minimum atomic E-state index is -0.854. The normalized spacial score (nSPS) is 14.9. The first kappa shape index (κ1) is 26.0. The number of aryl methyl sites for hydroxylation is 2. The monoisotopic (exact) mass is 562 g/mol. The number of imide groups is 2. The maximum Gasteiger partial charge on any atom is 0.335 e. The van der Waals surface area contributed by atoms with Crippen LogP contribution in [0.1, 0.15) is 22.3 Å². The van der Waals surface area contributed by atoms with Crippen molar-refractivity contribution in [3.8, 4) is 5.75 Å². The van der Waals surface area contributed by atoms with Crippen LogP contribution in [0.25, 0.3) is 6.08 Å². The molecule has 3 aromatic rings. The van der Waals surface area contributed by atoms with Gasteiger partial charge in [-0.2, -0.15) is 0 Å². The molecule has 1 saturated heterocycles. The standard InChI is InChI=1S/C26H18Cl4N2O4/c1-13-3-6-19(7-14(13)2)32-25(34)20(24(33)31-26(32)35)9-16-8-18(28)11-22(30)23(16)36-12-15-4-5-17(27)10-21(15)29/h3-11H,12H2,1-2H3,(H,31,33,35)/b20-9+. The molecule has 1 heterocycles. The number of nitrogens with one attached hydrogen (secondary N) is 1. The number of carbonyl (C=O) groups is 3. The van der Waals surface area contributed by atoms with Gasteiger partial charge >= 0.3 is 6.03 Å². The maximum atomic E-state index is 13.3. The number of urea groups is 1. The zero-order chi connectivity index (χ0) is 26.1. The number of halogens is 4. The number of benzene rings is 3. The fourth-order valence-electron chi connectivity index (χ4n) is 3.54. The average Bonchev–Trinajstić information content (AvgIpc) is 2.79. The Morgan fingerprint density at radius 1 is 0.861 bits per heavy atom. The molecule has 0 aliphatic carbocycles. The van der Waals surface area contributed by atoms with Crippen molar-refractivity contribution in [2.24, 2.45) is 0 Å². The highest BCUT2D eigenvalue weighted by molar-refractivity contribution is 6.40. The minimum Gasteiger partial charge on any atom is -0.487 e. The number of hydrogen-bond donors (Lipinski definition) is 1. The van der Waals surface area contributed by atoms with E-state index in [2.05, 4.69) is 5.32 Å². The summed E-state index contributed by atoms with van der Waals surface area (Å²) < 4.78 is 5.92. The van der Waals surface area contributed by atoms with E-state index in [1.807, 2.05) is 13.8 Å². The lowest BCUT2D eigenvalue weighted by Gasteiger charge is -2.27. The average molecular weight is 564 g/mol. The molecule has 0 radical (unpaired) electrons. The van der Waals surface area contributed by atoms with Gasteiger partial charge in [0.2, 0.25) is 0 Å². The minimum absolute atomic E-state index is 0.0287. The molecule has 4 amide bonds. The Labute approximate surface area is 227 Å². The van der Waals surface area contributed by atoms with Gasteiger partial charge < -0.3 is 4.74 Å². The lowest BCUT2D eigenvalue weighted by Crippen LogP contribution is -2.54. The second-order valence-electron chi connectivity index (χ2n) is 8.06. The Balaban J connectivity index is 1.72. The van der Waals surface area contributed by atoms with Gasteiger partial charge in [0.15, 0.2) is 0 Å². The third kappa shape index (κ3) is 5.37. The molecule has 1 aliphatic heterocycles. The van der Waals surface area contributed by atoms with Crippen LogP contribution in [0.15, 0.2) is 54.1 Å². The molecule has 1 fully saturated rings. The SMILES string of the molecule is Cc1ccc(N2C(=O)NC(=O)/C(=C\c3cc(Cl)cc(Cl)c3OCc3ccc(Cl)cc3Cl)C2=O)cc1C. The van der Waals surface area contributed by atoms with Crippen LogP contribution >= 0.6 is 46.4 Å². The molecular formula is C26H18Cl4N2O4. The molecule has 184 valence electrons. The number of nitrogens with zero attached hydrogens (tertiary/aromatic N) is 1. The molecule has 4 rings (SSSR count). The first-order chi connectivity index (χ1) is 17.0. The van der Waals surface area contributed by atoms with Crippen molar-refractivity contribution in [1.82, 2.24) is 5.32 Å². The van der Waals surface area contributed by atoms with E-state index in [0.29, 0.717) is 21.3 Å². The highest BCUT2D eigenvalue weighted by Gasteiger charge is 2.37. The molecule has 1 aliphatic rings. The van der Waals surface area contributed by atoms with Gasteiger partial charge in [-0.3, -0.25) is 14.9 Å². The summed E-state index contributed by atoms with van der Waals surface area (Å²) in [6.07, 6.45) is 1.29. The van der Waals surface area contributed by atoms with Crippen molar-refractivity contribution in [3.63, 3.8) is 0 Å². The van der Waals surface area contributed by atoms with Crippen molar-refractivity contribution in [3.05, 3.63) is 96.4 Å². The topological polar surface area (TPSA) is 75.7 Å². The summed E-state index contributed by atoms with van der Waals surface area (Å²) in [7, 11) is 0. The fourth-order valence-corrected chi connectivity index (χ4v) is 4.57. The molecular weight excluding hydrogens is 546 g/mol. The summed E-state index contributed by atoms with van der Waals surface area (Å²) in [5, 5.41) is 3.50. The lowest BCUT2D eigenvalue weighted by atomic mass is 10.0. The lowest BCUT2D eigenvalue weighted by molar-refractivity contribution is -0.122. The van der Waals surface area contributed by atoms with E-state index in [1.54, 1.807) is 36.4 Å². The molecule has 0 spiro atoms. The molecule has 6 nitrogen and oxygen atoms in total. The Morgan fingerprint density at radius 2 is 1.58 bits per heavy atom. The van der Waals surface area contributed by atoms with E-state index >= 15 is 0 Å². The van der Waals surface area contributed by atoms with Crippen molar-refractivity contribution >= 4 is 76.0 Å². The molecule has 0 atom stereocenters. The van der Waals surface area contributed by atoms with Gasteiger partial charge in [0.05, 0.1) is 10.7 Å². The highest BCUT2D eigenvalue weighted by atomic mass is 35.5.